The van der Waals surface area contributed by atoms with Crippen LogP contribution in [0.5, 0.6) is 5.75 Å². The zero-order valence-corrected chi connectivity index (χ0v) is 11.9. The second-order valence-corrected chi connectivity index (χ2v) is 4.88. The van der Waals surface area contributed by atoms with Gasteiger partial charge in [-0.15, -0.1) is 0 Å². The van der Waals surface area contributed by atoms with E-state index in [0.29, 0.717) is 16.5 Å². The number of aromatic carboxylic acids is 1. The third-order valence-electron chi connectivity index (χ3n) is 2.81. The highest BCUT2D eigenvalue weighted by atomic mass is 35.5. The highest BCUT2D eigenvalue weighted by molar-refractivity contribution is 6.30. The van der Waals surface area contributed by atoms with Gasteiger partial charge in [0, 0.05) is 16.8 Å². The molecule has 0 saturated carbocycles. The molecule has 104 valence electrons. The Hall–Kier alpha value is -2.07. The van der Waals surface area contributed by atoms with Gasteiger partial charge in [-0.05, 0) is 31.5 Å². The molecule has 0 bridgehead atoms. The molecule has 1 aromatic carbocycles. The van der Waals surface area contributed by atoms with Crippen molar-refractivity contribution in [3.8, 4) is 5.75 Å². The van der Waals surface area contributed by atoms with E-state index in [9.17, 15) is 9.90 Å². The molecule has 0 radical (unpaired) electrons. The Bertz CT molecular complexity index is 638. The molecule has 0 unspecified atom stereocenters. The minimum Gasteiger partial charge on any atom is -0.488 e. The van der Waals surface area contributed by atoms with Crippen molar-refractivity contribution in [1.82, 2.24) is 4.98 Å². The summed E-state index contributed by atoms with van der Waals surface area (Å²) in [4.78, 5) is 15.4. The molecule has 1 heterocycles. The molecule has 2 rings (SSSR count). The number of aryl methyl sites for hydroxylation is 2. The molecule has 5 heteroatoms. The maximum Gasteiger partial charge on any atom is 0.341 e. The number of carboxylic acids is 1. The molecule has 20 heavy (non-hydrogen) atoms. The summed E-state index contributed by atoms with van der Waals surface area (Å²) in [5, 5.41) is 9.88. The van der Waals surface area contributed by atoms with Crippen molar-refractivity contribution in [3.05, 3.63) is 57.9 Å². The van der Waals surface area contributed by atoms with E-state index in [1.54, 1.807) is 32.0 Å². The van der Waals surface area contributed by atoms with Crippen LogP contribution in [0.4, 0.5) is 0 Å². The SMILES string of the molecule is Cc1cc(OCc2ccc(Cl)cc2)c(C(=O)O)c(C)n1. The van der Waals surface area contributed by atoms with Crippen LogP contribution in [-0.4, -0.2) is 16.1 Å². The van der Waals surface area contributed by atoms with E-state index in [-0.39, 0.29) is 12.2 Å². The van der Waals surface area contributed by atoms with Crippen molar-refractivity contribution < 1.29 is 14.6 Å². The Morgan fingerprint density at radius 2 is 1.95 bits per heavy atom. The molecule has 1 N–H and O–H groups in total. The molecule has 0 fully saturated rings. The van der Waals surface area contributed by atoms with Gasteiger partial charge < -0.3 is 9.84 Å². The Morgan fingerprint density at radius 3 is 2.55 bits per heavy atom. The first kappa shape index (κ1) is 14.3. The lowest BCUT2D eigenvalue weighted by Gasteiger charge is -2.12. The Balaban J connectivity index is 2.24. The number of rotatable bonds is 4. The zero-order valence-electron chi connectivity index (χ0n) is 11.2. The van der Waals surface area contributed by atoms with E-state index in [0.717, 1.165) is 11.3 Å². The average molecular weight is 292 g/mol. The molecule has 0 aliphatic heterocycles. The van der Waals surface area contributed by atoms with Crippen molar-refractivity contribution >= 4 is 17.6 Å². The number of carboxylic acid groups (broad SMARTS) is 1. The van der Waals surface area contributed by atoms with Crippen molar-refractivity contribution in [2.75, 3.05) is 0 Å². The van der Waals surface area contributed by atoms with Crippen LogP contribution in [0.1, 0.15) is 27.3 Å². The minimum atomic E-state index is -1.04. The van der Waals surface area contributed by atoms with Crippen LogP contribution in [-0.2, 0) is 6.61 Å². The van der Waals surface area contributed by atoms with E-state index in [1.807, 2.05) is 12.1 Å². The van der Waals surface area contributed by atoms with E-state index < -0.39 is 5.97 Å². The maximum absolute atomic E-state index is 11.3. The largest absolute Gasteiger partial charge is 0.488 e. The Labute approximate surface area is 122 Å². The number of hydrogen-bond acceptors (Lipinski definition) is 3. The lowest BCUT2D eigenvalue weighted by atomic mass is 10.1. The van der Waals surface area contributed by atoms with Gasteiger partial charge in [-0.1, -0.05) is 23.7 Å². The normalized spacial score (nSPS) is 10.3. The van der Waals surface area contributed by atoms with Crippen molar-refractivity contribution in [2.24, 2.45) is 0 Å². The summed E-state index contributed by atoms with van der Waals surface area (Å²) in [6.07, 6.45) is 0. The van der Waals surface area contributed by atoms with Gasteiger partial charge in [0.1, 0.15) is 17.9 Å². The number of aromatic nitrogens is 1. The third-order valence-corrected chi connectivity index (χ3v) is 3.07. The second kappa shape index (κ2) is 5.92. The fraction of sp³-hybridized carbons (Fsp3) is 0.200. The quantitative estimate of drug-likeness (QED) is 0.934. The highest BCUT2D eigenvalue weighted by Crippen LogP contribution is 2.23. The smallest absolute Gasteiger partial charge is 0.341 e. The predicted octanol–water partition coefficient (Wildman–Crippen LogP) is 3.63. The topological polar surface area (TPSA) is 59.4 Å². The van der Waals surface area contributed by atoms with Gasteiger partial charge in [-0.2, -0.15) is 0 Å². The number of carbonyl (C=O) groups is 1. The lowest BCUT2D eigenvalue weighted by molar-refractivity contribution is 0.0690. The number of benzene rings is 1. The zero-order chi connectivity index (χ0) is 14.7. The van der Waals surface area contributed by atoms with Crippen LogP contribution in [0, 0.1) is 13.8 Å². The van der Waals surface area contributed by atoms with Crippen LogP contribution in [0.2, 0.25) is 5.02 Å². The van der Waals surface area contributed by atoms with Gasteiger partial charge in [0.25, 0.3) is 0 Å². The molecule has 1 aromatic heterocycles. The van der Waals surface area contributed by atoms with Crippen LogP contribution in [0.25, 0.3) is 0 Å². The monoisotopic (exact) mass is 291 g/mol. The number of halogens is 1. The van der Waals surface area contributed by atoms with E-state index in [2.05, 4.69) is 4.98 Å². The number of nitrogens with zero attached hydrogens (tertiary/aromatic N) is 1. The lowest BCUT2D eigenvalue weighted by Crippen LogP contribution is -2.08. The van der Waals surface area contributed by atoms with Gasteiger partial charge in [-0.25, -0.2) is 4.79 Å². The highest BCUT2D eigenvalue weighted by Gasteiger charge is 2.16. The molecular weight excluding hydrogens is 278 g/mol. The third kappa shape index (κ3) is 3.27. The van der Waals surface area contributed by atoms with Crippen LogP contribution < -0.4 is 4.74 Å². The molecule has 0 aliphatic carbocycles. The number of ether oxygens (including phenoxy) is 1. The fourth-order valence-electron chi connectivity index (χ4n) is 1.91. The van der Waals surface area contributed by atoms with Gasteiger partial charge in [0.2, 0.25) is 0 Å². The summed E-state index contributed by atoms with van der Waals surface area (Å²) in [7, 11) is 0. The van der Waals surface area contributed by atoms with E-state index in [1.165, 1.54) is 0 Å². The van der Waals surface area contributed by atoms with Gasteiger partial charge >= 0.3 is 5.97 Å². The first-order valence-corrected chi connectivity index (χ1v) is 6.44. The van der Waals surface area contributed by atoms with Crippen molar-refractivity contribution in [2.45, 2.75) is 20.5 Å². The number of hydrogen-bond donors (Lipinski definition) is 1. The number of pyridine rings is 1. The summed E-state index contributed by atoms with van der Waals surface area (Å²) < 4.78 is 5.62. The standard InChI is InChI=1S/C15H14ClNO3/c1-9-7-13(14(15(18)19)10(2)17-9)20-8-11-3-5-12(16)6-4-11/h3-7H,8H2,1-2H3,(H,18,19). The van der Waals surface area contributed by atoms with Gasteiger partial charge in [0.05, 0.1) is 5.69 Å². The predicted molar refractivity (Wildman–Crippen MR) is 76.5 cm³/mol. The van der Waals surface area contributed by atoms with E-state index >= 15 is 0 Å². The maximum atomic E-state index is 11.3. The molecule has 0 atom stereocenters. The van der Waals surface area contributed by atoms with Crippen molar-refractivity contribution in [1.29, 1.82) is 0 Å². The summed E-state index contributed by atoms with van der Waals surface area (Å²) in [5.41, 5.74) is 2.18. The summed E-state index contributed by atoms with van der Waals surface area (Å²) >= 11 is 5.81. The Kier molecular flexibility index (Phi) is 4.25. The summed E-state index contributed by atoms with van der Waals surface area (Å²) in [6.45, 7) is 3.74. The minimum absolute atomic E-state index is 0.101. The van der Waals surface area contributed by atoms with Crippen LogP contribution >= 0.6 is 11.6 Å². The molecule has 0 aliphatic rings. The van der Waals surface area contributed by atoms with Crippen LogP contribution in [0.15, 0.2) is 30.3 Å². The van der Waals surface area contributed by atoms with Gasteiger partial charge in [0.15, 0.2) is 0 Å². The second-order valence-electron chi connectivity index (χ2n) is 4.44. The molecule has 4 nitrogen and oxygen atoms in total. The summed E-state index contributed by atoms with van der Waals surface area (Å²) in [5.74, 6) is -0.710. The first-order valence-electron chi connectivity index (χ1n) is 6.06. The molecule has 0 spiro atoms. The van der Waals surface area contributed by atoms with Crippen LogP contribution in [0.3, 0.4) is 0 Å². The first-order chi connectivity index (χ1) is 9.47. The molecular formula is C15H14ClNO3. The molecule has 0 amide bonds. The van der Waals surface area contributed by atoms with Crippen molar-refractivity contribution in [3.63, 3.8) is 0 Å². The molecule has 0 saturated heterocycles. The Morgan fingerprint density at radius 1 is 1.30 bits per heavy atom. The van der Waals surface area contributed by atoms with Gasteiger partial charge in [-0.3, -0.25) is 4.98 Å². The summed E-state index contributed by atoms with van der Waals surface area (Å²) in [6, 6.07) is 8.84. The molecule has 2 aromatic rings. The van der Waals surface area contributed by atoms with E-state index in [4.69, 9.17) is 16.3 Å². The average Bonchev–Trinajstić information content (AvgIpc) is 2.36. The fourth-order valence-corrected chi connectivity index (χ4v) is 2.03.